The molecule has 2 heterocycles. The van der Waals surface area contributed by atoms with Gasteiger partial charge in [-0.05, 0) is 81.5 Å². The van der Waals surface area contributed by atoms with Crippen LogP contribution in [0.15, 0.2) is 36.4 Å². The van der Waals surface area contributed by atoms with Crippen molar-refractivity contribution in [1.29, 1.82) is 0 Å². The maximum Gasteiger partial charge on any atom is 0.407 e. The summed E-state index contributed by atoms with van der Waals surface area (Å²) < 4.78 is 16.3. The molecular weight excluding hydrogens is 458 g/mol. The molecule has 3 aliphatic rings. The van der Waals surface area contributed by atoms with Crippen LogP contribution in [-0.2, 0) is 21.4 Å². The number of amides is 2. The number of nitrogens with one attached hydrogen (secondary N) is 3. The number of fused-ring (bicyclic) bond motifs is 2. The second-order valence-corrected chi connectivity index (χ2v) is 11.7. The highest BCUT2D eigenvalue weighted by Crippen LogP contribution is 2.51. The Hall–Kier alpha value is -3.42. The highest BCUT2D eigenvalue weighted by Gasteiger charge is 2.51. The number of carbonyl (C=O) groups is 2. The standard InChI is InChI=1S/C28H35N3O5/c1-26(2,3)36-25(33)29-15-27(4,5)23-13-17-12-19(7-8-20(17)31-23)30-24(32)28(10-11-28)18-6-9-21-22(14-18)35-16-34-21/h6-9,12,14,23,31H,10-11,13,15-16H2,1-5H3,(H,29,33)(H,30,32). The number of hydrogen-bond donors (Lipinski definition) is 3. The molecule has 0 radical (unpaired) electrons. The molecule has 0 saturated heterocycles. The molecule has 8 heteroatoms. The van der Waals surface area contributed by atoms with Crippen LogP contribution in [0.25, 0.3) is 0 Å². The summed E-state index contributed by atoms with van der Waals surface area (Å²) in [6.45, 7) is 10.5. The number of carbonyl (C=O) groups excluding carboxylic acids is 2. The monoisotopic (exact) mass is 493 g/mol. The maximum absolute atomic E-state index is 13.3. The van der Waals surface area contributed by atoms with E-state index in [2.05, 4.69) is 29.8 Å². The molecule has 3 N–H and O–H groups in total. The molecule has 1 unspecified atom stereocenters. The van der Waals surface area contributed by atoms with Gasteiger partial charge < -0.3 is 30.2 Å². The second kappa shape index (κ2) is 8.61. The Balaban J connectivity index is 1.22. The van der Waals surface area contributed by atoms with Crippen molar-refractivity contribution in [1.82, 2.24) is 5.32 Å². The lowest BCUT2D eigenvalue weighted by atomic mass is 9.83. The summed E-state index contributed by atoms with van der Waals surface area (Å²) in [6.07, 6.45) is 2.01. The number of alkyl carbamates (subject to hydrolysis) is 1. The fraction of sp³-hybridized carbons (Fsp3) is 0.500. The molecule has 2 aromatic carbocycles. The quantitative estimate of drug-likeness (QED) is 0.526. The normalized spacial score (nSPS) is 19.2. The third kappa shape index (κ3) is 4.81. The summed E-state index contributed by atoms with van der Waals surface area (Å²) in [6, 6.07) is 11.9. The third-order valence-electron chi connectivity index (χ3n) is 7.26. The van der Waals surface area contributed by atoms with Crippen LogP contribution in [0, 0.1) is 5.41 Å². The minimum absolute atomic E-state index is 0.00529. The van der Waals surface area contributed by atoms with E-state index in [-0.39, 0.29) is 24.2 Å². The number of anilines is 2. The van der Waals surface area contributed by atoms with E-state index in [0.717, 1.165) is 47.5 Å². The van der Waals surface area contributed by atoms with Crippen LogP contribution in [0.3, 0.4) is 0 Å². The molecule has 36 heavy (non-hydrogen) atoms. The Morgan fingerprint density at radius 2 is 1.81 bits per heavy atom. The molecule has 1 fully saturated rings. The van der Waals surface area contributed by atoms with Crippen LogP contribution < -0.4 is 25.4 Å². The van der Waals surface area contributed by atoms with Crippen LogP contribution >= 0.6 is 0 Å². The molecule has 0 aromatic heterocycles. The molecule has 1 atom stereocenters. The highest BCUT2D eigenvalue weighted by molar-refractivity contribution is 6.01. The Bertz CT molecular complexity index is 1200. The first kappa shape index (κ1) is 24.3. The van der Waals surface area contributed by atoms with Gasteiger partial charge in [-0.1, -0.05) is 19.9 Å². The summed E-state index contributed by atoms with van der Waals surface area (Å²) in [5, 5.41) is 9.63. The lowest BCUT2D eigenvalue weighted by molar-refractivity contribution is -0.118. The summed E-state index contributed by atoms with van der Waals surface area (Å²) >= 11 is 0. The molecule has 0 spiro atoms. The van der Waals surface area contributed by atoms with Crippen molar-refractivity contribution in [3.05, 3.63) is 47.5 Å². The zero-order valence-corrected chi connectivity index (χ0v) is 21.6. The van der Waals surface area contributed by atoms with Gasteiger partial charge in [-0.2, -0.15) is 0 Å². The lowest BCUT2D eigenvalue weighted by Crippen LogP contribution is -2.45. The first-order valence-electron chi connectivity index (χ1n) is 12.5. The van der Waals surface area contributed by atoms with E-state index in [1.54, 1.807) is 0 Å². The summed E-state index contributed by atoms with van der Waals surface area (Å²) in [7, 11) is 0. The van der Waals surface area contributed by atoms with Crippen molar-refractivity contribution in [2.24, 2.45) is 5.41 Å². The van der Waals surface area contributed by atoms with Crippen molar-refractivity contribution < 1.29 is 23.8 Å². The molecule has 0 bridgehead atoms. The predicted molar refractivity (Wildman–Crippen MR) is 138 cm³/mol. The van der Waals surface area contributed by atoms with E-state index in [1.165, 1.54) is 0 Å². The first-order valence-corrected chi connectivity index (χ1v) is 12.5. The lowest BCUT2D eigenvalue weighted by Gasteiger charge is -2.32. The van der Waals surface area contributed by atoms with Gasteiger partial charge >= 0.3 is 6.09 Å². The van der Waals surface area contributed by atoms with E-state index >= 15 is 0 Å². The van der Waals surface area contributed by atoms with Crippen molar-refractivity contribution >= 4 is 23.4 Å². The van der Waals surface area contributed by atoms with Crippen molar-refractivity contribution in [3.63, 3.8) is 0 Å². The van der Waals surface area contributed by atoms with Gasteiger partial charge in [0.25, 0.3) is 0 Å². The van der Waals surface area contributed by atoms with Crippen molar-refractivity contribution in [2.75, 3.05) is 24.0 Å². The van der Waals surface area contributed by atoms with E-state index in [4.69, 9.17) is 14.2 Å². The van der Waals surface area contributed by atoms with Gasteiger partial charge in [0, 0.05) is 29.4 Å². The molecule has 1 saturated carbocycles. The highest BCUT2D eigenvalue weighted by atomic mass is 16.7. The van der Waals surface area contributed by atoms with Gasteiger partial charge in [0.15, 0.2) is 11.5 Å². The summed E-state index contributed by atoms with van der Waals surface area (Å²) in [5.41, 5.74) is 2.70. The van der Waals surface area contributed by atoms with E-state index in [1.807, 2.05) is 57.2 Å². The fourth-order valence-corrected chi connectivity index (χ4v) is 4.87. The predicted octanol–water partition coefficient (Wildman–Crippen LogP) is 4.97. The van der Waals surface area contributed by atoms with Crippen molar-refractivity contribution in [3.8, 4) is 11.5 Å². The summed E-state index contributed by atoms with van der Waals surface area (Å²) in [5.74, 6) is 1.43. The number of benzene rings is 2. The van der Waals surface area contributed by atoms with Crippen LogP contribution in [0.5, 0.6) is 11.5 Å². The van der Waals surface area contributed by atoms with Crippen molar-refractivity contribution in [2.45, 2.75) is 70.9 Å². The number of hydrogen-bond acceptors (Lipinski definition) is 6. The Morgan fingerprint density at radius 1 is 1.06 bits per heavy atom. The van der Waals surface area contributed by atoms with Crippen LogP contribution in [0.4, 0.5) is 16.2 Å². The van der Waals surface area contributed by atoms with Gasteiger partial charge in [-0.25, -0.2) is 4.79 Å². The number of rotatable bonds is 6. The smallest absolute Gasteiger partial charge is 0.407 e. The Morgan fingerprint density at radius 3 is 2.53 bits per heavy atom. The molecule has 5 rings (SSSR count). The molecule has 2 amide bonds. The largest absolute Gasteiger partial charge is 0.454 e. The molecule has 8 nitrogen and oxygen atoms in total. The topological polar surface area (TPSA) is 97.9 Å². The van der Waals surface area contributed by atoms with Crippen LogP contribution in [0.1, 0.15) is 58.6 Å². The maximum atomic E-state index is 13.3. The van der Waals surface area contributed by atoms with Crippen LogP contribution in [0.2, 0.25) is 0 Å². The van der Waals surface area contributed by atoms with Gasteiger partial charge in [0.2, 0.25) is 12.7 Å². The minimum Gasteiger partial charge on any atom is -0.454 e. The van der Waals surface area contributed by atoms with E-state index in [0.29, 0.717) is 12.3 Å². The fourth-order valence-electron chi connectivity index (χ4n) is 4.87. The van der Waals surface area contributed by atoms with Gasteiger partial charge in [0.05, 0.1) is 5.41 Å². The Labute approximate surface area is 212 Å². The van der Waals surface area contributed by atoms with E-state index in [9.17, 15) is 9.59 Å². The SMILES string of the molecule is CC(C)(C)OC(=O)NCC(C)(C)C1Cc2cc(NC(=O)C3(c4ccc5c(c4)OCO5)CC3)ccc2N1. The minimum atomic E-state index is -0.529. The zero-order valence-electron chi connectivity index (χ0n) is 21.6. The molecule has 2 aliphatic heterocycles. The van der Waals surface area contributed by atoms with Crippen LogP contribution in [-0.4, -0.2) is 37.0 Å². The first-order chi connectivity index (χ1) is 17.0. The molecule has 2 aromatic rings. The summed E-state index contributed by atoms with van der Waals surface area (Å²) in [4.78, 5) is 25.4. The zero-order chi connectivity index (χ0) is 25.7. The van der Waals surface area contributed by atoms with E-state index < -0.39 is 17.1 Å². The third-order valence-corrected chi connectivity index (χ3v) is 7.26. The average Bonchev–Trinajstić information content (AvgIpc) is 3.28. The molecular formula is C28H35N3O5. The molecule has 1 aliphatic carbocycles. The van der Waals surface area contributed by atoms with Gasteiger partial charge in [-0.15, -0.1) is 0 Å². The second-order valence-electron chi connectivity index (χ2n) is 11.7. The van der Waals surface area contributed by atoms with Gasteiger partial charge in [-0.3, -0.25) is 4.79 Å². The molecule has 192 valence electrons. The number of ether oxygens (including phenoxy) is 3. The average molecular weight is 494 g/mol. The Kier molecular flexibility index (Phi) is 5.80. The van der Waals surface area contributed by atoms with Gasteiger partial charge in [0.1, 0.15) is 5.60 Å².